The number of aliphatic hydroxyl groups is 8. The third kappa shape index (κ3) is 7.19. The van der Waals surface area contributed by atoms with E-state index in [0.717, 1.165) is 44.9 Å². The smallest absolute Gasteiger partial charge is 0.310 e. The average Bonchev–Trinajstić information content (AvgIpc) is 3.21. The molecule has 0 radical (unpaired) electrons. The fraction of sp³-hybridized carbons (Fsp3) is 0.935. The lowest BCUT2D eigenvalue weighted by Gasteiger charge is -2.71. The topological polar surface area (TPSA) is 255 Å². The molecular formula is C46H74O16. The third-order valence-electron chi connectivity index (χ3n) is 18.7. The van der Waals surface area contributed by atoms with Gasteiger partial charge in [-0.1, -0.05) is 53.2 Å². The second kappa shape index (κ2) is 16.5. The average molecular weight is 883 g/mol. The molecule has 0 unspecified atom stereocenters. The summed E-state index contributed by atoms with van der Waals surface area (Å²) in [6.07, 6.45) is -8.88. The van der Waals surface area contributed by atoms with E-state index < -0.39 is 103 Å². The van der Waals surface area contributed by atoms with Crippen LogP contribution < -0.4 is 0 Å². The van der Waals surface area contributed by atoms with Crippen LogP contribution in [0.1, 0.15) is 113 Å². The Bertz CT molecular complexity index is 1690. The minimum absolute atomic E-state index is 0.00884. The van der Waals surface area contributed by atoms with Gasteiger partial charge in [-0.05, 0) is 111 Å². The Morgan fingerprint density at radius 1 is 0.710 bits per heavy atom. The van der Waals surface area contributed by atoms with Crippen LogP contribution in [0.15, 0.2) is 11.6 Å². The predicted octanol–water partition coefficient (Wildman–Crippen LogP) is 1.98. The highest BCUT2D eigenvalue weighted by Gasteiger charge is 2.70. The van der Waals surface area contributed by atoms with E-state index in [2.05, 4.69) is 47.6 Å². The Morgan fingerprint density at radius 2 is 1.34 bits per heavy atom. The lowest BCUT2D eigenvalue weighted by atomic mass is 9.33. The van der Waals surface area contributed by atoms with Crippen LogP contribution in [0.2, 0.25) is 0 Å². The van der Waals surface area contributed by atoms with Gasteiger partial charge in [0.15, 0.2) is 18.9 Å². The first-order valence-electron chi connectivity index (χ1n) is 23.1. The van der Waals surface area contributed by atoms with Gasteiger partial charge in [-0.2, -0.15) is 0 Å². The molecular weight excluding hydrogens is 808 g/mol. The number of rotatable bonds is 8. The molecule has 0 aromatic carbocycles. The molecule has 16 heteroatoms. The molecule has 16 nitrogen and oxygen atoms in total. The van der Waals surface area contributed by atoms with Gasteiger partial charge >= 0.3 is 5.97 Å². The summed E-state index contributed by atoms with van der Waals surface area (Å²) in [5.74, 6) is -0.327. The molecule has 7 fully saturated rings. The molecule has 0 aromatic rings. The number of carboxylic acid groups (broad SMARTS) is 1. The highest BCUT2D eigenvalue weighted by molar-refractivity contribution is 5.76. The van der Waals surface area contributed by atoms with Crippen LogP contribution in [0.25, 0.3) is 0 Å². The van der Waals surface area contributed by atoms with Gasteiger partial charge in [0, 0.05) is 5.41 Å². The maximum Gasteiger partial charge on any atom is 0.310 e. The number of carboxylic acids is 1. The number of carbonyl (C=O) groups is 1. The molecule has 3 aliphatic heterocycles. The van der Waals surface area contributed by atoms with Crippen molar-refractivity contribution < 1.29 is 79.2 Å². The quantitative estimate of drug-likeness (QED) is 0.125. The summed E-state index contributed by atoms with van der Waals surface area (Å²) in [4.78, 5) is 13.1. The van der Waals surface area contributed by atoms with Crippen molar-refractivity contribution in [3.8, 4) is 0 Å². The molecule has 4 saturated carbocycles. The molecule has 0 amide bonds. The summed E-state index contributed by atoms with van der Waals surface area (Å²) in [5.41, 5.74) is -0.491. The molecule has 0 bridgehead atoms. The van der Waals surface area contributed by atoms with Crippen LogP contribution >= 0.6 is 0 Å². The number of fused-ring (bicyclic) bond motifs is 7. The van der Waals surface area contributed by atoms with Crippen molar-refractivity contribution in [3.63, 3.8) is 0 Å². The van der Waals surface area contributed by atoms with Gasteiger partial charge in [0.1, 0.15) is 54.9 Å². The van der Waals surface area contributed by atoms with E-state index in [9.17, 15) is 50.8 Å². The van der Waals surface area contributed by atoms with Crippen LogP contribution in [-0.2, 0) is 33.2 Å². The zero-order chi connectivity index (χ0) is 45.1. The summed E-state index contributed by atoms with van der Waals surface area (Å²) in [5, 5.41) is 97.0. The minimum atomic E-state index is -1.75. The summed E-state index contributed by atoms with van der Waals surface area (Å²) in [6, 6.07) is 0. The molecule has 3 heterocycles. The Balaban J connectivity index is 0.997. The maximum absolute atomic E-state index is 13.1. The molecule has 0 spiro atoms. The molecule has 0 aromatic heterocycles. The van der Waals surface area contributed by atoms with Gasteiger partial charge in [-0.3, -0.25) is 4.79 Å². The van der Waals surface area contributed by atoms with Gasteiger partial charge in [-0.15, -0.1) is 0 Å². The molecule has 8 rings (SSSR count). The normalized spacial score (nSPS) is 55.1. The summed E-state index contributed by atoms with van der Waals surface area (Å²) < 4.78 is 36.0. The van der Waals surface area contributed by atoms with Crippen molar-refractivity contribution in [2.24, 2.45) is 50.2 Å². The minimum Gasteiger partial charge on any atom is -0.481 e. The Kier molecular flexibility index (Phi) is 12.5. The lowest BCUT2D eigenvalue weighted by molar-refractivity contribution is -0.377. The van der Waals surface area contributed by atoms with E-state index in [4.69, 9.17) is 28.4 Å². The highest BCUT2D eigenvalue weighted by Crippen LogP contribution is 2.76. The molecule has 22 atom stereocenters. The molecule has 5 aliphatic carbocycles. The monoisotopic (exact) mass is 882 g/mol. The molecule has 3 saturated heterocycles. The lowest BCUT2D eigenvalue weighted by Crippen LogP contribution is -2.67. The van der Waals surface area contributed by atoms with Crippen LogP contribution in [-0.4, -0.2) is 158 Å². The van der Waals surface area contributed by atoms with Crippen molar-refractivity contribution in [1.82, 2.24) is 0 Å². The predicted molar refractivity (Wildman–Crippen MR) is 219 cm³/mol. The first-order chi connectivity index (χ1) is 29.0. The van der Waals surface area contributed by atoms with E-state index in [1.165, 1.54) is 12.5 Å². The first-order valence-corrected chi connectivity index (χ1v) is 23.1. The fourth-order valence-corrected chi connectivity index (χ4v) is 14.6. The highest BCUT2D eigenvalue weighted by atomic mass is 16.8. The number of aliphatic carboxylic acids is 1. The van der Waals surface area contributed by atoms with E-state index in [-0.39, 0.29) is 59.2 Å². The maximum atomic E-state index is 13.1. The second-order valence-electron chi connectivity index (χ2n) is 22.4. The number of ether oxygens (including phenoxy) is 6. The summed E-state index contributed by atoms with van der Waals surface area (Å²) in [7, 11) is 0. The van der Waals surface area contributed by atoms with Gasteiger partial charge < -0.3 is 74.4 Å². The zero-order valence-electron chi connectivity index (χ0n) is 37.5. The zero-order valence-corrected chi connectivity index (χ0v) is 37.5. The van der Waals surface area contributed by atoms with E-state index in [0.29, 0.717) is 19.3 Å². The van der Waals surface area contributed by atoms with Crippen LogP contribution in [0, 0.1) is 50.2 Å². The number of hydrogen-bond donors (Lipinski definition) is 9. The largest absolute Gasteiger partial charge is 0.481 e. The Morgan fingerprint density at radius 3 is 2.02 bits per heavy atom. The van der Waals surface area contributed by atoms with Crippen LogP contribution in [0.5, 0.6) is 0 Å². The second-order valence-corrected chi connectivity index (χ2v) is 22.4. The SMILES string of the molecule is C[C@H]1O[C@H](O[C@@H]2[C@@H](O[C@H]3CC[C@@]4(C)[C@@H](CC[C@]5(C)[C@@H]4CC=C4[C@H]6CC(C)(C)CC[C@]6(C(=O)O)CC[C@]45C)[C@@]3(C)CO)OC[C@@H](O)[C@H]2O)[C@@H](O)[C@@H](O)[C@H]1O[C@H]1OC[C@H](O)[C@H](O)[C@@H]1O. The summed E-state index contributed by atoms with van der Waals surface area (Å²) >= 11 is 0. The van der Waals surface area contributed by atoms with Gasteiger partial charge in [-0.25, -0.2) is 0 Å². The Hall–Kier alpha value is -1.35. The van der Waals surface area contributed by atoms with Crippen LogP contribution in [0.4, 0.5) is 0 Å². The van der Waals surface area contributed by atoms with Crippen molar-refractivity contribution in [3.05, 3.63) is 11.6 Å². The van der Waals surface area contributed by atoms with Crippen LogP contribution in [0.3, 0.4) is 0 Å². The third-order valence-corrected chi connectivity index (χ3v) is 18.7. The number of aliphatic hydroxyl groups excluding tert-OH is 8. The van der Waals surface area contributed by atoms with Gasteiger partial charge in [0.2, 0.25) is 0 Å². The van der Waals surface area contributed by atoms with Crippen molar-refractivity contribution >= 4 is 5.97 Å². The number of hydrogen-bond acceptors (Lipinski definition) is 15. The first kappa shape index (κ1) is 47.2. The number of allylic oxidation sites excluding steroid dienone is 2. The van der Waals surface area contributed by atoms with Gasteiger partial charge in [0.25, 0.3) is 0 Å². The van der Waals surface area contributed by atoms with Crippen molar-refractivity contribution in [2.75, 3.05) is 19.8 Å². The Labute approximate surface area is 364 Å². The van der Waals surface area contributed by atoms with Crippen molar-refractivity contribution in [2.45, 2.75) is 199 Å². The standard InChI is InChI=1S/C46H74O16/c1-22-35(61-37-33(53)30(50)25(48)19-57-37)32(52)34(54)38(59-22)62-36-31(51)26(49)20-58-39(36)60-29-11-12-42(4)27(43(29,5)21-47)10-13-45(7)28(42)9-8-23-24-18-41(2,3)14-16-46(24,40(55)56)17-15-44(23,45)6/h8,22,24-39,47-54H,9-21H2,1-7H3,(H,55,56)/t22-,24-,25+,26-,27-,28-,29+,30+,31-,32-,33+,34+,35+,36+,37-,38-,39-,42+,43-,44-,45-,46+/m1/s1. The van der Waals surface area contributed by atoms with E-state index >= 15 is 0 Å². The van der Waals surface area contributed by atoms with Crippen molar-refractivity contribution in [1.29, 1.82) is 0 Å². The van der Waals surface area contributed by atoms with E-state index in [1.54, 1.807) is 0 Å². The molecule has 9 N–H and O–H groups in total. The molecule has 8 aliphatic rings. The fourth-order valence-electron chi connectivity index (χ4n) is 14.6. The molecule has 354 valence electrons. The van der Waals surface area contributed by atoms with Gasteiger partial charge in [0.05, 0.1) is 37.4 Å². The molecule has 62 heavy (non-hydrogen) atoms. The van der Waals surface area contributed by atoms with E-state index in [1.807, 2.05) is 0 Å². The summed E-state index contributed by atoms with van der Waals surface area (Å²) in [6.45, 7) is 14.6.